The molecule has 0 atom stereocenters. The summed E-state index contributed by atoms with van der Waals surface area (Å²) in [4.78, 5) is 0. The van der Waals surface area contributed by atoms with E-state index in [1.54, 1.807) is 0 Å². The first kappa shape index (κ1) is 10.2. The normalized spacial score (nSPS) is 10.3. The fraction of sp³-hybridized carbons (Fsp3) is 0.154. The van der Waals surface area contributed by atoms with E-state index in [4.69, 9.17) is 11.6 Å². The first-order valence-corrected chi connectivity index (χ1v) is 5.33. The number of hydrogen-bond donors (Lipinski definition) is 0. The second-order valence-electron chi connectivity index (χ2n) is 3.60. The Morgan fingerprint density at radius 2 is 1.80 bits per heavy atom. The summed E-state index contributed by atoms with van der Waals surface area (Å²) in [5.74, 6) is 0. The van der Waals surface area contributed by atoms with E-state index in [2.05, 4.69) is 35.9 Å². The number of halogens is 1. The lowest BCUT2D eigenvalue weighted by molar-refractivity contribution is -0.694. The predicted octanol–water partition coefficient (Wildman–Crippen LogP) is 2.98. The van der Waals surface area contributed by atoms with E-state index in [1.807, 2.05) is 24.3 Å². The second-order valence-corrected chi connectivity index (χ2v) is 4.03. The van der Waals surface area contributed by atoms with Crippen LogP contribution in [0.25, 0.3) is 0 Å². The van der Waals surface area contributed by atoms with Crippen LogP contribution < -0.4 is 4.57 Å². The van der Waals surface area contributed by atoms with Gasteiger partial charge < -0.3 is 0 Å². The monoisotopic (exact) mass is 218 g/mol. The summed E-state index contributed by atoms with van der Waals surface area (Å²) in [6.07, 6.45) is 2.09. The number of aromatic nitrogens is 1. The van der Waals surface area contributed by atoms with Crippen molar-refractivity contribution in [3.8, 4) is 0 Å². The van der Waals surface area contributed by atoms with Crippen molar-refractivity contribution in [1.29, 1.82) is 0 Å². The zero-order valence-electron chi connectivity index (χ0n) is 8.65. The molecule has 0 fully saturated rings. The molecule has 1 nitrogen and oxygen atoms in total. The molecule has 0 amide bonds. The molecule has 0 radical (unpaired) electrons. The van der Waals surface area contributed by atoms with Gasteiger partial charge >= 0.3 is 0 Å². The van der Waals surface area contributed by atoms with Crippen LogP contribution in [0.3, 0.4) is 0 Å². The molecule has 2 rings (SSSR count). The van der Waals surface area contributed by atoms with Gasteiger partial charge in [0.1, 0.15) is 0 Å². The summed E-state index contributed by atoms with van der Waals surface area (Å²) >= 11 is 5.84. The molecule has 0 bridgehead atoms. The summed E-state index contributed by atoms with van der Waals surface area (Å²) < 4.78 is 2.21. The van der Waals surface area contributed by atoms with Crippen LogP contribution in [0.5, 0.6) is 0 Å². The molecule has 76 valence electrons. The summed E-state index contributed by atoms with van der Waals surface area (Å²) in [5, 5.41) is 0.786. The highest BCUT2D eigenvalue weighted by molar-refractivity contribution is 6.30. The molecule has 0 saturated carbocycles. The number of rotatable bonds is 2. The molecule has 1 aromatic heterocycles. The molecule has 0 N–H and O–H groups in total. The molecule has 0 aliphatic carbocycles. The lowest BCUT2D eigenvalue weighted by atomic mass is 10.2. The van der Waals surface area contributed by atoms with E-state index in [9.17, 15) is 0 Å². The summed E-state index contributed by atoms with van der Waals surface area (Å²) in [6.45, 7) is 3.00. The lowest BCUT2D eigenvalue weighted by Gasteiger charge is -2.00. The van der Waals surface area contributed by atoms with Crippen molar-refractivity contribution < 1.29 is 4.57 Å². The molecule has 2 aromatic rings. The molecule has 1 heterocycles. The highest BCUT2D eigenvalue weighted by Gasteiger charge is 2.05. The van der Waals surface area contributed by atoms with Gasteiger partial charge in [-0.2, -0.15) is 4.57 Å². The van der Waals surface area contributed by atoms with E-state index in [0.717, 1.165) is 11.6 Å². The van der Waals surface area contributed by atoms with Crippen LogP contribution in [0.2, 0.25) is 5.02 Å². The number of aryl methyl sites for hydroxylation is 1. The fourth-order valence-corrected chi connectivity index (χ4v) is 1.65. The van der Waals surface area contributed by atoms with Gasteiger partial charge in [-0.05, 0) is 12.1 Å². The Morgan fingerprint density at radius 1 is 1.07 bits per heavy atom. The zero-order chi connectivity index (χ0) is 10.7. The van der Waals surface area contributed by atoms with Gasteiger partial charge in [-0.1, -0.05) is 29.8 Å². The lowest BCUT2D eigenvalue weighted by Crippen LogP contribution is -2.36. The van der Waals surface area contributed by atoms with E-state index in [0.29, 0.717) is 0 Å². The van der Waals surface area contributed by atoms with Gasteiger partial charge in [0.05, 0.1) is 0 Å². The van der Waals surface area contributed by atoms with E-state index in [1.165, 1.54) is 11.3 Å². The minimum atomic E-state index is 0.786. The van der Waals surface area contributed by atoms with Crippen LogP contribution in [-0.4, -0.2) is 0 Å². The summed E-state index contributed by atoms with van der Waals surface area (Å²) in [7, 11) is 0. The van der Waals surface area contributed by atoms with Crippen molar-refractivity contribution in [2.75, 3.05) is 0 Å². The Morgan fingerprint density at radius 3 is 2.47 bits per heavy atom. The molecule has 2 heteroatoms. The molecule has 0 aliphatic rings. The molecular weight excluding hydrogens is 206 g/mol. The SMILES string of the molecule is Cc1cccc[n+]1Cc1ccc(Cl)cc1. The topological polar surface area (TPSA) is 3.88 Å². The maximum Gasteiger partial charge on any atom is 0.178 e. The largest absolute Gasteiger partial charge is 0.198 e. The maximum absolute atomic E-state index is 5.84. The van der Waals surface area contributed by atoms with Crippen LogP contribution in [-0.2, 0) is 6.54 Å². The molecule has 0 spiro atoms. The Bertz CT molecular complexity index is 448. The molecule has 15 heavy (non-hydrogen) atoms. The first-order valence-electron chi connectivity index (χ1n) is 4.95. The maximum atomic E-state index is 5.84. The van der Waals surface area contributed by atoms with Crippen molar-refractivity contribution in [1.82, 2.24) is 0 Å². The Kier molecular flexibility index (Phi) is 3.02. The fourth-order valence-electron chi connectivity index (χ4n) is 1.53. The minimum Gasteiger partial charge on any atom is -0.198 e. The molecule has 0 aliphatic heterocycles. The van der Waals surface area contributed by atoms with Crippen LogP contribution in [0.4, 0.5) is 0 Å². The number of nitrogens with zero attached hydrogens (tertiary/aromatic N) is 1. The zero-order valence-corrected chi connectivity index (χ0v) is 9.41. The van der Waals surface area contributed by atoms with Gasteiger partial charge in [-0.3, -0.25) is 0 Å². The smallest absolute Gasteiger partial charge is 0.178 e. The highest BCUT2D eigenvalue weighted by Crippen LogP contribution is 2.09. The average Bonchev–Trinajstić information content (AvgIpc) is 2.25. The van der Waals surface area contributed by atoms with Crippen molar-refractivity contribution in [3.63, 3.8) is 0 Å². The third-order valence-electron chi connectivity index (χ3n) is 2.43. The first-order chi connectivity index (χ1) is 7.25. The molecular formula is C13H13ClN+. The summed E-state index contributed by atoms with van der Waals surface area (Å²) in [5.41, 5.74) is 2.52. The van der Waals surface area contributed by atoms with Crippen molar-refractivity contribution in [3.05, 3.63) is 64.9 Å². The Labute approximate surface area is 95.0 Å². The van der Waals surface area contributed by atoms with Crippen molar-refractivity contribution in [2.45, 2.75) is 13.5 Å². The minimum absolute atomic E-state index is 0.786. The van der Waals surface area contributed by atoms with Crippen molar-refractivity contribution in [2.24, 2.45) is 0 Å². The third kappa shape index (κ3) is 2.57. The standard InChI is InChI=1S/C13H13ClN/c1-11-4-2-3-9-15(11)10-12-5-7-13(14)8-6-12/h2-9H,10H2,1H3/q+1. The molecule has 0 saturated heterocycles. The van der Waals surface area contributed by atoms with E-state index in [-0.39, 0.29) is 0 Å². The van der Waals surface area contributed by atoms with Gasteiger partial charge in [0.2, 0.25) is 0 Å². The van der Waals surface area contributed by atoms with Gasteiger partial charge in [-0.25, -0.2) is 0 Å². The highest BCUT2D eigenvalue weighted by atomic mass is 35.5. The molecule has 1 aromatic carbocycles. The van der Waals surface area contributed by atoms with Gasteiger partial charge in [0.15, 0.2) is 18.4 Å². The van der Waals surface area contributed by atoms with E-state index >= 15 is 0 Å². The van der Waals surface area contributed by atoms with Crippen molar-refractivity contribution >= 4 is 11.6 Å². The predicted molar refractivity (Wildman–Crippen MR) is 61.9 cm³/mol. The van der Waals surface area contributed by atoms with Crippen LogP contribution in [0.1, 0.15) is 11.3 Å². The Balaban J connectivity index is 2.22. The van der Waals surface area contributed by atoms with Crippen LogP contribution in [0, 0.1) is 6.92 Å². The number of hydrogen-bond acceptors (Lipinski definition) is 0. The second kappa shape index (κ2) is 4.45. The van der Waals surface area contributed by atoms with Crippen LogP contribution >= 0.6 is 11.6 Å². The molecule has 0 unspecified atom stereocenters. The summed E-state index contributed by atoms with van der Waals surface area (Å²) in [6, 6.07) is 14.2. The van der Waals surface area contributed by atoms with E-state index < -0.39 is 0 Å². The van der Waals surface area contributed by atoms with Gasteiger partial charge in [-0.15, -0.1) is 0 Å². The average molecular weight is 219 g/mol. The van der Waals surface area contributed by atoms with Crippen LogP contribution in [0.15, 0.2) is 48.7 Å². The number of pyridine rings is 1. The van der Waals surface area contributed by atoms with Gasteiger partial charge in [0, 0.05) is 29.6 Å². The Hall–Kier alpha value is -1.34. The quantitative estimate of drug-likeness (QED) is 0.683. The number of benzene rings is 1. The third-order valence-corrected chi connectivity index (χ3v) is 2.69. The van der Waals surface area contributed by atoms with Gasteiger partial charge in [0.25, 0.3) is 0 Å².